The summed E-state index contributed by atoms with van der Waals surface area (Å²) in [6.45, 7) is 7.63. The van der Waals surface area contributed by atoms with Gasteiger partial charge in [0.1, 0.15) is 11.4 Å². The van der Waals surface area contributed by atoms with Crippen LogP contribution in [0.3, 0.4) is 0 Å². The fourth-order valence-corrected chi connectivity index (χ4v) is 2.96. The average molecular weight is 370 g/mol. The number of carbonyl (C=O) groups is 2. The average Bonchev–Trinajstić information content (AvgIpc) is 2.51. The van der Waals surface area contributed by atoms with E-state index in [1.165, 1.54) is 12.3 Å². The first-order valence-corrected chi connectivity index (χ1v) is 8.62. The number of ether oxygens (including phenoxy) is 1. The van der Waals surface area contributed by atoms with Crippen molar-refractivity contribution in [1.82, 2.24) is 10.3 Å². The molecule has 2 rings (SSSR count). The largest absolute Gasteiger partial charge is 0.478 e. The Hall–Kier alpha value is -1.86. The van der Waals surface area contributed by atoms with Crippen LogP contribution in [0.1, 0.15) is 44.0 Å². The van der Waals surface area contributed by atoms with Gasteiger partial charge in [-0.1, -0.05) is 11.6 Å². The second kappa shape index (κ2) is 8.01. The van der Waals surface area contributed by atoms with Crippen molar-refractivity contribution in [2.24, 2.45) is 0 Å². The molecule has 1 aliphatic heterocycles. The number of hydrogen-bond donors (Lipinski definition) is 2. The Morgan fingerprint density at radius 1 is 1.48 bits per heavy atom. The molecule has 2 N–H and O–H groups in total. The maximum absolute atomic E-state index is 11.9. The van der Waals surface area contributed by atoms with E-state index in [2.05, 4.69) is 10.3 Å². The molecule has 1 aromatic rings. The molecule has 1 saturated heterocycles. The van der Waals surface area contributed by atoms with Crippen molar-refractivity contribution >= 4 is 29.4 Å². The summed E-state index contributed by atoms with van der Waals surface area (Å²) in [7, 11) is 0. The lowest BCUT2D eigenvalue weighted by Crippen LogP contribution is -2.51. The van der Waals surface area contributed by atoms with E-state index < -0.39 is 11.6 Å². The van der Waals surface area contributed by atoms with Gasteiger partial charge in [-0.05, 0) is 33.3 Å². The number of aromatic nitrogens is 1. The Morgan fingerprint density at radius 2 is 2.20 bits per heavy atom. The monoisotopic (exact) mass is 369 g/mol. The van der Waals surface area contributed by atoms with Gasteiger partial charge in [-0.2, -0.15) is 0 Å². The number of anilines is 1. The molecule has 1 unspecified atom stereocenters. The van der Waals surface area contributed by atoms with Gasteiger partial charge in [-0.25, -0.2) is 9.78 Å². The van der Waals surface area contributed by atoms with Gasteiger partial charge in [-0.15, -0.1) is 0 Å². The topological polar surface area (TPSA) is 91.8 Å². The molecule has 0 amide bonds. The molecule has 25 heavy (non-hydrogen) atoms. The highest BCUT2D eigenvalue weighted by molar-refractivity contribution is 6.33. The standard InChI is InChI=1S/C17H24ClN3O4/c1-17(2,3)25-14(22)5-4-12-10-21(7-6-19-12)15-13(18)8-11(9-20-15)16(23)24/h8-9,12,19H,4-7,10H2,1-3H3,(H,23,24). The van der Waals surface area contributed by atoms with Gasteiger partial charge in [-0.3, -0.25) is 4.79 Å². The van der Waals surface area contributed by atoms with E-state index in [0.29, 0.717) is 36.8 Å². The number of pyridine rings is 1. The Bertz CT molecular complexity index is 645. The molecule has 2 heterocycles. The molecule has 1 aliphatic rings. The van der Waals surface area contributed by atoms with Crippen LogP contribution in [-0.4, -0.2) is 53.3 Å². The van der Waals surface area contributed by atoms with Crippen molar-refractivity contribution in [3.63, 3.8) is 0 Å². The molecule has 1 atom stereocenters. The van der Waals surface area contributed by atoms with E-state index in [9.17, 15) is 9.59 Å². The Balaban J connectivity index is 1.94. The third-order valence-corrected chi connectivity index (χ3v) is 4.02. The van der Waals surface area contributed by atoms with Crippen LogP contribution in [-0.2, 0) is 9.53 Å². The molecule has 0 aromatic carbocycles. The van der Waals surface area contributed by atoms with Gasteiger partial charge in [0.2, 0.25) is 0 Å². The first-order valence-electron chi connectivity index (χ1n) is 8.25. The SMILES string of the molecule is CC(C)(C)OC(=O)CCC1CN(c2ncc(C(=O)O)cc2Cl)CCN1. The van der Waals surface area contributed by atoms with Gasteiger partial charge in [0.15, 0.2) is 0 Å². The van der Waals surface area contributed by atoms with Crippen LogP contribution in [0, 0.1) is 0 Å². The summed E-state index contributed by atoms with van der Waals surface area (Å²) < 4.78 is 5.33. The van der Waals surface area contributed by atoms with Gasteiger partial charge in [0.25, 0.3) is 0 Å². The van der Waals surface area contributed by atoms with Gasteiger partial charge < -0.3 is 20.1 Å². The minimum atomic E-state index is -1.06. The number of carboxylic acids is 1. The maximum Gasteiger partial charge on any atom is 0.337 e. The molecule has 1 fully saturated rings. The Labute approximate surface area is 152 Å². The number of nitrogens with zero attached hydrogens (tertiary/aromatic N) is 2. The molecule has 7 nitrogen and oxygen atoms in total. The maximum atomic E-state index is 11.9. The van der Waals surface area contributed by atoms with Crippen LogP contribution in [0.25, 0.3) is 0 Å². The number of hydrogen-bond acceptors (Lipinski definition) is 6. The van der Waals surface area contributed by atoms with E-state index in [1.54, 1.807) is 0 Å². The highest BCUT2D eigenvalue weighted by atomic mass is 35.5. The van der Waals surface area contributed by atoms with Gasteiger partial charge >= 0.3 is 11.9 Å². The summed E-state index contributed by atoms with van der Waals surface area (Å²) in [6, 6.07) is 1.52. The molecule has 0 bridgehead atoms. The zero-order chi connectivity index (χ0) is 18.6. The fraction of sp³-hybridized carbons (Fsp3) is 0.588. The first-order chi connectivity index (χ1) is 11.7. The molecule has 0 aliphatic carbocycles. The highest BCUT2D eigenvalue weighted by Gasteiger charge is 2.24. The van der Waals surface area contributed by atoms with Gasteiger partial charge in [0.05, 0.1) is 10.6 Å². The zero-order valence-corrected chi connectivity index (χ0v) is 15.5. The van der Waals surface area contributed by atoms with Crippen LogP contribution in [0.2, 0.25) is 5.02 Å². The van der Waals surface area contributed by atoms with Crippen molar-refractivity contribution in [3.05, 3.63) is 22.8 Å². The van der Waals surface area contributed by atoms with E-state index in [-0.39, 0.29) is 17.6 Å². The van der Waals surface area contributed by atoms with Crippen molar-refractivity contribution in [3.8, 4) is 0 Å². The lowest BCUT2D eigenvalue weighted by molar-refractivity contribution is -0.155. The van der Waals surface area contributed by atoms with Crippen LogP contribution >= 0.6 is 11.6 Å². The summed E-state index contributed by atoms with van der Waals surface area (Å²) >= 11 is 6.19. The molecule has 1 aromatic heterocycles. The van der Waals surface area contributed by atoms with Crippen molar-refractivity contribution in [2.75, 3.05) is 24.5 Å². The summed E-state index contributed by atoms with van der Waals surface area (Å²) in [5.74, 6) is -0.708. The molecule has 138 valence electrons. The number of carbonyl (C=O) groups excluding carboxylic acids is 1. The molecular weight excluding hydrogens is 346 g/mol. The number of carboxylic acid groups (broad SMARTS) is 1. The quantitative estimate of drug-likeness (QED) is 0.769. The van der Waals surface area contributed by atoms with Crippen LogP contribution in [0.5, 0.6) is 0 Å². The summed E-state index contributed by atoms with van der Waals surface area (Å²) in [5, 5.41) is 12.7. The van der Waals surface area contributed by atoms with Gasteiger partial charge in [0, 0.05) is 38.3 Å². The van der Waals surface area contributed by atoms with E-state index in [0.717, 1.165) is 6.54 Å². The number of halogens is 1. The van der Waals surface area contributed by atoms with Crippen LogP contribution < -0.4 is 10.2 Å². The number of aromatic carboxylic acids is 1. The normalized spacial score (nSPS) is 18.1. The molecule has 8 heteroatoms. The summed E-state index contributed by atoms with van der Waals surface area (Å²) in [6.07, 6.45) is 2.29. The van der Waals surface area contributed by atoms with Crippen molar-refractivity contribution in [1.29, 1.82) is 0 Å². The van der Waals surface area contributed by atoms with E-state index >= 15 is 0 Å². The van der Waals surface area contributed by atoms with Crippen LogP contribution in [0.15, 0.2) is 12.3 Å². The molecule has 0 radical (unpaired) electrons. The smallest absolute Gasteiger partial charge is 0.337 e. The van der Waals surface area contributed by atoms with Crippen LogP contribution in [0.4, 0.5) is 5.82 Å². The molecule has 0 spiro atoms. The summed E-state index contributed by atoms with van der Waals surface area (Å²) in [4.78, 5) is 29.0. The number of nitrogens with one attached hydrogen (secondary N) is 1. The second-order valence-electron chi connectivity index (χ2n) is 7.06. The number of piperazine rings is 1. The third kappa shape index (κ3) is 5.86. The fourth-order valence-electron chi connectivity index (χ4n) is 2.68. The van der Waals surface area contributed by atoms with E-state index in [1.807, 2.05) is 25.7 Å². The lowest BCUT2D eigenvalue weighted by Gasteiger charge is -2.35. The first kappa shape index (κ1) is 19.5. The number of esters is 1. The minimum Gasteiger partial charge on any atom is -0.478 e. The highest BCUT2D eigenvalue weighted by Crippen LogP contribution is 2.25. The predicted molar refractivity (Wildman–Crippen MR) is 95.3 cm³/mol. The molecular formula is C17H24ClN3O4. The Morgan fingerprint density at radius 3 is 2.80 bits per heavy atom. The predicted octanol–water partition coefficient (Wildman–Crippen LogP) is 2.33. The van der Waals surface area contributed by atoms with E-state index in [4.69, 9.17) is 21.4 Å². The Kier molecular flexibility index (Phi) is 6.24. The minimum absolute atomic E-state index is 0.0605. The lowest BCUT2D eigenvalue weighted by atomic mass is 10.1. The third-order valence-electron chi connectivity index (χ3n) is 3.74. The molecule has 0 saturated carbocycles. The van der Waals surface area contributed by atoms with Crippen molar-refractivity contribution in [2.45, 2.75) is 45.3 Å². The number of rotatable bonds is 5. The van der Waals surface area contributed by atoms with Crippen molar-refractivity contribution < 1.29 is 19.4 Å². The zero-order valence-electron chi connectivity index (χ0n) is 14.7. The second-order valence-corrected chi connectivity index (χ2v) is 7.46. The summed E-state index contributed by atoms with van der Waals surface area (Å²) in [5.41, 5.74) is -0.419.